The topological polar surface area (TPSA) is 195 Å². The second kappa shape index (κ2) is 6.08. The second-order valence-electron chi connectivity index (χ2n) is 4.87. The molecule has 138 valence electrons. The first-order valence-corrected chi connectivity index (χ1v) is 10.6. The van der Waals surface area contributed by atoms with Crippen LogP contribution < -0.4 is 5.32 Å². The molecule has 11 nitrogen and oxygen atoms in total. The lowest BCUT2D eigenvalue weighted by Crippen LogP contribution is -2.15. The Balaban J connectivity index is 2.80. The number of aromatic hydroxyl groups is 1. The zero-order chi connectivity index (χ0) is 19.2. The number of anilines is 1. The minimum Gasteiger partial charge on any atom is -0.507 e. The van der Waals surface area contributed by atoms with E-state index in [2.05, 4.69) is 5.32 Å². The highest BCUT2D eigenvalue weighted by atomic mass is 32.2. The first kappa shape index (κ1) is 19.4. The molecule has 0 aliphatic carbocycles. The van der Waals surface area contributed by atoms with Crippen LogP contribution in [0.3, 0.4) is 0 Å². The highest BCUT2D eigenvalue weighted by molar-refractivity contribution is 7.86. The monoisotopic (exact) mass is 413 g/mol. The van der Waals surface area contributed by atoms with Crippen molar-refractivity contribution < 1.29 is 44.0 Å². The molecular weight excluding hydrogens is 402 g/mol. The Labute approximate surface area is 142 Å². The van der Waals surface area contributed by atoms with Crippen molar-refractivity contribution >= 4 is 46.8 Å². The summed E-state index contributed by atoms with van der Waals surface area (Å²) in [6.45, 7) is 0. The molecule has 0 radical (unpaired) electrons. The number of benzene rings is 2. The molecule has 25 heavy (non-hydrogen) atoms. The van der Waals surface area contributed by atoms with Gasteiger partial charge in [0, 0.05) is 11.5 Å². The van der Waals surface area contributed by atoms with Crippen LogP contribution in [0.1, 0.15) is 0 Å². The zero-order valence-corrected chi connectivity index (χ0v) is 14.4. The third-order valence-corrected chi connectivity index (χ3v) is 5.26. The molecule has 0 fully saturated rings. The molecule has 0 aromatic heterocycles. The SMILES string of the molecule is O=S(=O)(O)CNc1cc2c(O)cc(S(=O)(=O)O)cc2cc1S(=O)(=O)O. The molecule has 0 amide bonds. The highest BCUT2D eigenvalue weighted by Crippen LogP contribution is 2.34. The molecule has 2 rings (SSSR count). The van der Waals surface area contributed by atoms with E-state index < -0.39 is 57.5 Å². The maximum Gasteiger partial charge on any atom is 0.296 e. The summed E-state index contributed by atoms with van der Waals surface area (Å²) in [7, 11) is -14.1. The number of hydrogen-bond donors (Lipinski definition) is 5. The maximum atomic E-state index is 11.5. The van der Waals surface area contributed by atoms with Crippen LogP contribution in [0.4, 0.5) is 5.69 Å². The summed E-state index contributed by atoms with van der Waals surface area (Å²) < 4.78 is 93.8. The van der Waals surface area contributed by atoms with Gasteiger partial charge in [0.25, 0.3) is 30.4 Å². The fourth-order valence-corrected chi connectivity index (χ4v) is 3.57. The van der Waals surface area contributed by atoms with Gasteiger partial charge >= 0.3 is 0 Å². The van der Waals surface area contributed by atoms with Crippen LogP contribution in [0.25, 0.3) is 10.8 Å². The van der Waals surface area contributed by atoms with Gasteiger partial charge < -0.3 is 10.4 Å². The van der Waals surface area contributed by atoms with Crippen molar-refractivity contribution in [3.05, 3.63) is 24.3 Å². The molecule has 0 aliphatic rings. The van der Waals surface area contributed by atoms with E-state index in [0.717, 1.165) is 18.2 Å². The normalized spacial score (nSPS) is 13.1. The van der Waals surface area contributed by atoms with E-state index in [0.29, 0.717) is 6.07 Å². The molecule has 0 heterocycles. The third-order valence-electron chi connectivity index (χ3n) is 3.03. The minimum atomic E-state index is -4.89. The van der Waals surface area contributed by atoms with E-state index in [-0.39, 0.29) is 10.8 Å². The first-order chi connectivity index (χ1) is 11.2. The number of nitrogens with one attached hydrogen (secondary N) is 1. The van der Waals surface area contributed by atoms with Crippen LogP contribution in [-0.2, 0) is 30.4 Å². The van der Waals surface area contributed by atoms with Gasteiger partial charge in [-0.15, -0.1) is 0 Å². The van der Waals surface area contributed by atoms with Crippen molar-refractivity contribution in [1.29, 1.82) is 0 Å². The van der Waals surface area contributed by atoms with Gasteiger partial charge in [-0.2, -0.15) is 25.3 Å². The summed E-state index contributed by atoms with van der Waals surface area (Å²) in [6, 6.07) is 3.21. The Hall–Kier alpha value is -1.97. The molecule has 0 spiro atoms. The van der Waals surface area contributed by atoms with E-state index in [1.54, 1.807) is 0 Å². The number of rotatable bonds is 5. The van der Waals surface area contributed by atoms with Gasteiger partial charge in [0.2, 0.25) is 0 Å². The minimum absolute atomic E-state index is 0.113. The van der Waals surface area contributed by atoms with Crippen LogP contribution in [-0.4, -0.2) is 49.9 Å². The predicted molar refractivity (Wildman–Crippen MR) is 85.3 cm³/mol. The Kier molecular flexibility index (Phi) is 4.71. The summed E-state index contributed by atoms with van der Waals surface area (Å²) >= 11 is 0. The van der Waals surface area contributed by atoms with Crippen molar-refractivity contribution in [1.82, 2.24) is 0 Å². The van der Waals surface area contributed by atoms with Gasteiger partial charge in [0.15, 0.2) is 0 Å². The van der Waals surface area contributed by atoms with E-state index in [9.17, 15) is 34.9 Å². The number of hydrogen-bond acceptors (Lipinski definition) is 8. The second-order valence-corrected chi connectivity index (χ2v) is 9.13. The summed E-state index contributed by atoms with van der Waals surface area (Å²) in [6.07, 6.45) is 0. The van der Waals surface area contributed by atoms with Crippen LogP contribution in [0.15, 0.2) is 34.1 Å². The quantitative estimate of drug-likeness (QED) is 0.423. The van der Waals surface area contributed by atoms with E-state index >= 15 is 0 Å². The van der Waals surface area contributed by atoms with Crippen molar-refractivity contribution in [3.8, 4) is 5.75 Å². The Morgan fingerprint density at radius 2 is 1.44 bits per heavy atom. The molecule has 0 aliphatic heterocycles. The van der Waals surface area contributed by atoms with Crippen LogP contribution in [0, 0.1) is 0 Å². The summed E-state index contributed by atoms with van der Waals surface area (Å²) in [5.74, 6) is -1.76. The largest absolute Gasteiger partial charge is 0.507 e. The van der Waals surface area contributed by atoms with Crippen molar-refractivity contribution in [2.45, 2.75) is 9.79 Å². The summed E-state index contributed by atoms with van der Waals surface area (Å²) in [4.78, 5) is -1.56. The summed E-state index contributed by atoms with van der Waals surface area (Å²) in [5, 5.41) is 11.7. The van der Waals surface area contributed by atoms with Crippen molar-refractivity contribution in [3.63, 3.8) is 0 Å². The lowest BCUT2D eigenvalue weighted by molar-refractivity contribution is 0.470. The Bertz CT molecular complexity index is 1170. The van der Waals surface area contributed by atoms with Gasteiger partial charge in [-0.05, 0) is 23.6 Å². The third kappa shape index (κ3) is 4.56. The van der Waals surface area contributed by atoms with Crippen LogP contribution in [0.2, 0.25) is 0 Å². The van der Waals surface area contributed by atoms with Crippen LogP contribution >= 0.6 is 0 Å². The molecule has 5 N–H and O–H groups in total. The lowest BCUT2D eigenvalue weighted by Gasteiger charge is -2.12. The molecule has 0 atom stereocenters. The molecule has 0 saturated carbocycles. The molecule has 0 unspecified atom stereocenters. The molecule has 0 saturated heterocycles. The van der Waals surface area contributed by atoms with Crippen molar-refractivity contribution in [2.75, 3.05) is 11.2 Å². The fraction of sp³-hybridized carbons (Fsp3) is 0.0909. The van der Waals surface area contributed by atoms with E-state index in [4.69, 9.17) is 9.11 Å². The van der Waals surface area contributed by atoms with Gasteiger partial charge in [-0.1, -0.05) is 0 Å². The lowest BCUT2D eigenvalue weighted by atomic mass is 10.1. The first-order valence-electron chi connectivity index (χ1n) is 6.13. The number of phenols is 1. The van der Waals surface area contributed by atoms with Gasteiger partial charge in [0.05, 0.1) is 10.6 Å². The fourth-order valence-electron chi connectivity index (χ4n) is 2.01. The smallest absolute Gasteiger partial charge is 0.296 e. The number of phenolic OH excluding ortho intramolecular Hbond substituents is 1. The van der Waals surface area contributed by atoms with Gasteiger partial charge in [-0.25, -0.2) is 0 Å². The van der Waals surface area contributed by atoms with Gasteiger partial charge in [0.1, 0.15) is 16.5 Å². The summed E-state index contributed by atoms with van der Waals surface area (Å²) in [5.41, 5.74) is -0.470. The average Bonchev–Trinajstić information content (AvgIpc) is 2.41. The molecule has 2 aromatic rings. The standard InChI is InChI=1S/C11H11NO10S3/c13-10-3-7(24(17,18)19)1-6-2-11(25(20,21)22)9(4-8(6)10)12-5-23(14,15)16/h1-4,12-13H,5H2,(H,14,15,16)(H,17,18,19)(H,20,21,22). The Morgan fingerprint density at radius 1 is 0.840 bits per heavy atom. The van der Waals surface area contributed by atoms with Crippen LogP contribution in [0.5, 0.6) is 5.75 Å². The van der Waals surface area contributed by atoms with E-state index in [1.165, 1.54) is 0 Å². The zero-order valence-electron chi connectivity index (χ0n) is 12.0. The maximum absolute atomic E-state index is 11.5. The molecular formula is C11H11NO10S3. The molecule has 14 heteroatoms. The Morgan fingerprint density at radius 3 is 1.92 bits per heavy atom. The van der Waals surface area contributed by atoms with E-state index in [1.807, 2.05) is 0 Å². The molecule has 2 aromatic carbocycles. The van der Waals surface area contributed by atoms with Crippen molar-refractivity contribution in [2.24, 2.45) is 0 Å². The highest BCUT2D eigenvalue weighted by Gasteiger charge is 2.21. The molecule has 0 bridgehead atoms. The van der Waals surface area contributed by atoms with Gasteiger partial charge in [-0.3, -0.25) is 13.7 Å². The number of fused-ring (bicyclic) bond motifs is 1. The average molecular weight is 413 g/mol. The predicted octanol–water partition coefficient (Wildman–Crippen LogP) is 0.296.